The summed E-state index contributed by atoms with van der Waals surface area (Å²) in [6.07, 6.45) is 0. The lowest BCUT2D eigenvalue weighted by molar-refractivity contribution is 0.0448. The minimum absolute atomic E-state index is 0. The van der Waals surface area contributed by atoms with Crippen LogP contribution in [0.2, 0.25) is 5.02 Å². The first-order chi connectivity index (χ1) is 9.83. The maximum absolute atomic E-state index is 6.32. The van der Waals surface area contributed by atoms with Crippen LogP contribution < -0.4 is 5.32 Å². The second kappa shape index (κ2) is 10.4. The summed E-state index contributed by atoms with van der Waals surface area (Å²) in [4.78, 5) is 2.44. The molecule has 120 valence electrons. The summed E-state index contributed by atoms with van der Waals surface area (Å²) in [5.41, 5.74) is 1.19. The predicted molar refractivity (Wildman–Crippen MR) is 88.6 cm³/mol. The van der Waals surface area contributed by atoms with Crippen molar-refractivity contribution in [3.8, 4) is 0 Å². The molecule has 1 atom stereocenters. The number of nitrogens with zero attached hydrogens (tertiary/aromatic N) is 1. The van der Waals surface area contributed by atoms with Crippen molar-refractivity contribution < 1.29 is 9.47 Å². The van der Waals surface area contributed by atoms with Crippen LogP contribution in [0, 0.1) is 0 Å². The van der Waals surface area contributed by atoms with E-state index in [1.807, 2.05) is 18.2 Å². The number of rotatable bonds is 7. The Hall–Kier alpha value is -0.360. The summed E-state index contributed by atoms with van der Waals surface area (Å²) >= 11 is 6.32. The van der Waals surface area contributed by atoms with E-state index in [9.17, 15) is 0 Å². The van der Waals surface area contributed by atoms with Crippen LogP contribution in [-0.4, -0.2) is 58.0 Å². The lowest BCUT2D eigenvalue weighted by Crippen LogP contribution is -2.47. The number of nitrogens with one attached hydrogen (secondary N) is 1. The first-order valence-corrected chi connectivity index (χ1v) is 7.46. The zero-order valence-electron chi connectivity index (χ0n) is 12.4. The topological polar surface area (TPSA) is 33.7 Å². The van der Waals surface area contributed by atoms with Gasteiger partial charge in [-0.2, -0.15) is 0 Å². The third kappa shape index (κ3) is 5.74. The van der Waals surface area contributed by atoms with E-state index in [-0.39, 0.29) is 12.4 Å². The largest absolute Gasteiger partial charge is 0.382 e. The molecule has 0 radical (unpaired) electrons. The zero-order chi connectivity index (χ0) is 14.2. The van der Waals surface area contributed by atoms with Crippen molar-refractivity contribution in [1.82, 2.24) is 10.2 Å². The number of hydrogen-bond acceptors (Lipinski definition) is 4. The summed E-state index contributed by atoms with van der Waals surface area (Å²) in [7, 11) is 1.69. The van der Waals surface area contributed by atoms with Crippen LogP contribution in [0.4, 0.5) is 0 Å². The molecule has 21 heavy (non-hydrogen) atoms. The number of ether oxygens (including phenoxy) is 2. The molecule has 0 bridgehead atoms. The maximum atomic E-state index is 6.32. The van der Waals surface area contributed by atoms with Gasteiger partial charge >= 0.3 is 0 Å². The number of methoxy groups -OCH3 is 1. The highest BCUT2D eigenvalue weighted by Crippen LogP contribution is 2.28. The van der Waals surface area contributed by atoms with E-state index in [1.54, 1.807) is 7.11 Å². The normalized spacial score (nSPS) is 19.2. The standard InChI is InChI=1S/C15H23ClN2O2.ClH/c1-19-10-11-20-9-8-18-7-6-17-12-15(18)13-4-2-3-5-14(13)16;/h2-5,15,17H,6-12H2,1H3;1H. The van der Waals surface area contributed by atoms with Crippen LogP contribution in [0.3, 0.4) is 0 Å². The highest BCUT2D eigenvalue weighted by atomic mass is 35.5. The number of hydrogen-bond donors (Lipinski definition) is 1. The Morgan fingerprint density at radius 2 is 2.10 bits per heavy atom. The second-order valence-electron chi connectivity index (χ2n) is 4.88. The molecule has 1 aromatic carbocycles. The smallest absolute Gasteiger partial charge is 0.0700 e. The monoisotopic (exact) mass is 334 g/mol. The molecule has 0 amide bonds. The summed E-state index contributed by atoms with van der Waals surface area (Å²) in [6.45, 7) is 5.91. The van der Waals surface area contributed by atoms with Gasteiger partial charge in [0.25, 0.3) is 0 Å². The highest BCUT2D eigenvalue weighted by molar-refractivity contribution is 6.31. The van der Waals surface area contributed by atoms with Gasteiger partial charge in [-0.15, -0.1) is 12.4 Å². The molecule has 1 N–H and O–H groups in total. The predicted octanol–water partition coefficient (Wildman–Crippen LogP) is 2.37. The van der Waals surface area contributed by atoms with Crippen molar-refractivity contribution in [2.45, 2.75) is 6.04 Å². The minimum Gasteiger partial charge on any atom is -0.382 e. The molecule has 0 spiro atoms. The zero-order valence-corrected chi connectivity index (χ0v) is 14.0. The van der Waals surface area contributed by atoms with E-state index in [1.165, 1.54) is 5.56 Å². The Morgan fingerprint density at radius 1 is 1.29 bits per heavy atom. The molecule has 6 heteroatoms. The van der Waals surface area contributed by atoms with Gasteiger partial charge in [-0.1, -0.05) is 29.8 Å². The van der Waals surface area contributed by atoms with Crippen molar-refractivity contribution in [3.63, 3.8) is 0 Å². The average molecular weight is 335 g/mol. The van der Waals surface area contributed by atoms with Crippen LogP contribution in [-0.2, 0) is 9.47 Å². The van der Waals surface area contributed by atoms with Crippen molar-refractivity contribution >= 4 is 24.0 Å². The number of halogens is 2. The van der Waals surface area contributed by atoms with Gasteiger partial charge in [0.05, 0.1) is 19.8 Å². The fourth-order valence-corrected chi connectivity index (χ4v) is 2.75. The third-order valence-corrected chi connectivity index (χ3v) is 3.92. The molecular formula is C15H24Cl2N2O2. The first-order valence-electron chi connectivity index (χ1n) is 7.09. The molecule has 0 aromatic heterocycles. The summed E-state index contributed by atoms with van der Waals surface area (Å²) in [5, 5.41) is 4.28. The van der Waals surface area contributed by atoms with Gasteiger partial charge < -0.3 is 14.8 Å². The molecule has 1 aromatic rings. The molecule has 1 fully saturated rings. The molecule has 1 aliphatic rings. The Kier molecular flexibility index (Phi) is 9.24. The van der Waals surface area contributed by atoms with Gasteiger partial charge in [-0.05, 0) is 11.6 Å². The van der Waals surface area contributed by atoms with Crippen molar-refractivity contribution in [2.24, 2.45) is 0 Å². The van der Waals surface area contributed by atoms with Crippen molar-refractivity contribution in [3.05, 3.63) is 34.9 Å². The fraction of sp³-hybridized carbons (Fsp3) is 0.600. The third-order valence-electron chi connectivity index (χ3n) is 3.57. The van der Waals surface area contributed by atoms with Gasteiger partial charge in [0.2, 0.25) is 0 Å². The second-order valence-corrected chi connectivity index (χ2v) is 5.29. The van der Waals surface area contributed by atoms with E-state index >= 15 is 0 Å². The van der Waals surface area contributed by atoms with E-state index < -0.39 is 0 Å². The summed E-state index contributed by atoms with van der Waals surface area (Å²) in [6, 6.07) is 8.41. The maximum Gasteiger partial charge on any atom is 0.0700 e. The lowest BCUT2D eigenvalue weighted by atomic mass is 10.0. The lowest BCUT2D eigenvalue weighted by Gasteiger charge is -2.36. The van der Waals surface area contributed by atoms with Crippen LogP contribution in [0.15, 0.2) is 24.3 Å². The molecule has 1 unspecified atom stereocenters. The number of piperazine rings is 1. The molecule has 0 saturated carbocycles. The number of benzene rings is 1. The Morgan fingerprint density at radius 3 is 2.86 bits per heavy atom. The molecule has 1 saturated heterocycles. The molecule has 1 heterocycles. The first kappa shape index (κ1) is 18.7. The fourth-order valence-electron chi connectivity index (χ4n) is 2.49. The summed E-state index contributed by atoms with van der Waals surface area (Å²) in [5.74, 6) is 0. The molecular weight excluding hydrogens is 311 g/mol. The molecule has 4 nitrogen and oxygen atoms in total. The Balaban J connectivity index is 0.00000220. The van der Waals surface area contributed by atoms with Crippen LogP contribution in [0.25, 0.3) is 0 Å². The van der Waals surface area contributed by atoms with Gasteiger partial charge in [0.1, 0.15) is 0 Å². The quantitative estimate of drug-likeness (QED) is 0.776. The van der Waals surface area contributed by atoms with Crippen LogP contribution in [0.5, 0.6) is 0 Å². The van der Waals surface area contributed by atoms with Gasteiger partial charge in [0, 0.05) is 44.4 Å². The van der Waals surface area contributed by atoms with Gasteiger partial charge in [-0.3, -0.25) is 4.90 Å². The van der Waals surface area contributed by atoms with E-state index in [0.717, 1.165) is 37.8 Å². The van der Waals surface area contributed by atoms with E-state index in [4.69, 9.17) is 21.1 Å². The molecule has 0 aliphatic carbocycles. The van der Waals surface area contributed by atoms with E-state index in [0.29, 0.717) is 19.3 Å². The Labute approximate surface area is 138 Å². The molecule has 1 aliphatic heterocycles. The van der Waals surface area contributed by atoms with Crippen molar-refractivity contribution in [2.75, 3.05) is 53.1 Å². The van der Waals surface area contributed by atoms with Gasteiger partial charge in [0.15, 0.2) is 0 Å². The summed E-state index contributed by atoms with van der Waals surface area (Å²) < 4.78 is 10.5. The van der Waals surface area contributed by atoms with Crippen LogP contribution in [0.1, 0.15) is 11.6 Å². The van der Waals surface area contributed by atoms with E-state index in [2.05, 4.69) is 16.3 Å². The van der Waals surface area contributed by atoms with Crippen LogP contribution >= 0.6 is 24.0 Å². The minimum atomic E-state index is 0. The SMILES string of the molecule is COCCOCCN1CCNCC1c1ccccc1Cl.Cl. The highest BCUT2D eigenvalue weighted by Gasteiger charge is 2.24. The average Bonchev–Trinajstić information content (AvgIpc) is 2.48. The van der Waals surface area contributed by atoms with Gasteiger partial charge in [-0.25, -0.2) is 0 Å². The molecule has 2 rings (SSSR count). The van der Waals surface area contributed by atoms with Crippen molar-refractivity contribution in [1.29, 1.82) is 0 Å². The Bertz CT molecular complexity index is 407.